The van der Waals surface area contributed by atoms with Gasteiger partial charge in [-0.2, -0.15) is 0 Å². The van der Waals surface area contributed by atoms with Crippen LogP contribution >= 0.6 is 0 Å². The van der Waals surface area contributed by atoms with Crippen molar-refractivity contribution in [3.8, 4) is 0 Å². The zero-order valence-electron chi connectivity index (χ0n) is 14.1. The van der Waals surface area contributed by atoms with Crippen LogP contribution in [0.3, 0.4) is 0 Å². The van der Waals surface area contributed by atoms with E-state index < -0.39 is 0 Å². The second-order valence-electron chi connectivity index (χ2n) is 7.78. The van der Waals surface area contributed by atoms with Crippen LogP contribution in [0.15, 0.2) is 24.3 Å². The van der Waals surface area contributed by atoms with Crippen LogP contribution in [0.25, 0.3) is 0 Å². The number of rotatable bonds is 4. The normalized spacial score (nSPS) is 36.6. The number of hydrogen-bond donors (Lipinski definition) is 2. The summed E-state index contributed by atoms with van der Waals surface area (Å²) in [7, 11) is 1.79. The van der Waals surface area contributed by atoms with E-state index in [0.29, 0.717) is 24.1 Å². The lowest BCUT2D eigenvalue weighted by atomic mass is 9.49. The Morgan fingerprint density at radius 3 is 2.25 bits per heavy atom. The Labute approximate surface area is 142 Å². The molecule has 0 atom stereocenters. The molecule has 2 N–H and O–H groups in total. The maximum Gasteiger partial charge on any atom is 0.319 e. The average Bonchev–Trinajstić information content (AvgIpc) is 2.56. The topological polar surface area (TPSA) is 50.4 Å². The number of ether oxygens (including phenoxy) is 1. The number of carbonyl (C=O) groups excluding carboxylic acids is 1. The molecule has 1 aromatic rings. The molecule has 4 bridgehead atoms. The van der Waals surface area contributed by atoms with Gasteiger partial charge in [-0.05, 0) is 80.0 Å². The summed E-state index contributed by atoms with van der Waals surface area (Å²) in [4.78, 5) is 12.2. The molecular formula is C19H25FN2O2. The van der Waals surface area contributed by atoms with Crippen LogP contribution in [-0.4, -0.2) is 25.3 Å². The quantitative estimate of drug-likeness (QED) is 0.881. The van der Waals surface area contributed by atoms with Crippen molar-refractivity contribution < 1.29 is 13.9 Å². The van der Waals surface area contributed by atoms with E-state index in [4.69, 9.17) is 4.74 Å². The van der Waals surface area contributed by atoms with Gasteiger partial charge in [-0.15, -0.1) is 0 Å². The second kappa shape index (κ2) is 6.03. The van der Waals surface area contributed by atoms with Crippen molar-refractivity contribution in [2.45, 2.75) is 37.7 Å². The fraction of sp³-hybridized carbons (Fsp3) is 0.632. The predicted molar refractivity (Wildman–Crippen MR) is 90.2 cm³/mol. The number of hydrogen-bond acceptors (Lipinski definition) is 2. The van der Waals surface area contributed by atoms with Gasteiger partial charge in [-0.3, -0.25) is 0 Å². The first-order chi connectivity index (χ1) is 11.6. The Kier molecular flexibility index (Phi) is 3.99. The van der Waals surface area contributed by atoms with Crippen molar-refractivity contribution in [2.24, 2.45) is 23.7 Å². The number of nitrogens with one attached hydrogen (secondary N) is 2. The van der Waals surface area contributed by atoms with E-state index in [1.807, 2.05) is 0 Å². The van der Waals surface area contributed by atoms with Crippen molar-refractivity contribution in [1.82, 2.24) is 5.32 Å². The van der Waals surface area contributed by atoms with Crippen molar-refractivity contribution in [2.75, 3.05) is 19.0 Å². The molecule has 130 valence electrons. The zero-order chi connectivity index (χ0) is 16.7. The molecule has 4 nitrogen and oxygen atoms in total. The Hall–Kier alpha value is -1.62. The molecule has 0 radical (unpaired) electrons. The number of amides is 2. The summed E-state index contributed by atoms with van der Waals surface area (Å²) in [5.74, 6) is 2.54. The molecule has 0 spiro atoms. The third-order valence-corrected chi connectivity index (χ3v) is 6.53. The zero-order valence-corrected chi connectivity index (χ0v) is 14.1. The summed E-state index contributed by atoms with van der Waals surface area (Å²) < 4.78 is 19.0. The first-order valence-electron chi connectivity index (χ1n) is 8.94. The van der Waals surface area contributed by atoms with Crippen molar-refractivity contribution in [3.63, 3.8) is 0 Å². The minimum atomic E-state index is -0.312. The van der Waals surface area contributed by atoms with Gasteiger partial charge in [0.05, 0.1) is 5.60 Å². The van der Waals surface area contributed by atoms with E-state index in [0.717, 1.165) is 11.8 Å². The molecule has 4 aliphatic carbocycles. The number of halogens is 1. The minimum Gasteiger partial charge on any atom is -0.376 e. The lowest BCUT2D eigenvalue weighted by molar-refractivity contribution is -0.186. The molecule has 0 aliphatic heterocycles. The van der Waals surface area contributed by atoms with Crippen LogP contribution in [0.4, 0.5) is 14.9 Å². The van der Waals surface area contributed by atoms with Gasteiger partial charge in [0.25, 0.3) is 0 Å². The molecule has 0 saturated heterocycles. The van der Waals surface area contributed by atoms with Crippen molar-refractivity contribution >= 4 is 11.7 Å². The Bertz CT molecular complexity index is 588. The van der Waals surface area contributed by atoms with Crippen molar-refractivity contribution in [3.05, 3.63) is 30.1 Å². The first-order valence-corrected chi connectivity index (χ1v) is 8.94. The van der Waals surface area contributed by atoms with E-state index in [2.05, 4.69) is 10.6 Å². The summed E-state index contributed by atoms with van der Waals surface area (Å²) in [5, 5.41) is 5.76. The van der Waals surface area contributed by atoms with Crippen LogP contribution in [0.2, 0.25) is 0 Å². The molecule has 5 rings (SSSR count). The fourth-order valence-corrected chi connectivity index (χ4v) is 5.60. The minimum absolute atomic E-state index is 0.215. The predicted octanol–water partition coefficient (Wildman–Crippen LogP) is 3.79. The van der Waals surface area contributed by atoms with Crippen molar-refractivity contribution in [1.29, 1.82) is 0 Å². The van der Waals surface area contributed by atoms with Crippen LogP contribution in [0.5, 0.6) is 0 Å². The Morgan fingerprint density at radius 1 is 1.12 bits per heavy atom. The third kappa shape index (κ3) is 2.69. The fourth-order valence-electron chi connectivity index (χ4n) is 5.60. The van der Waals surface area contributed by atoms with E-state index in [1.165, 1.54) is 44.2 Å². The number of urea groups is 1. The molecule has 24 heavy (non-hydrogen) atoms. The van der Waals surface area contributed by atoms with Crippen LogP contribution in [0, 0.1) is 29.5 Å². The van der Waals surface area contributed by atoms with E-state index in [1.54, 1.807) is 19.2 Å². The molecule has 1 aromatic carbocycles. The molecule has 0 unspecified atom stereocenters. The van der Waals surface area contributed by atoms with E-state index in [-0.39, 0.29) is 17.4 Å². The molecule has 4 saturated carbocycles. The number of methoxy groups -OCH3 is 1. The van der Waals surface area contributed by atoms with Gasteiger partial charge in [0.1, 0.15) is 5.82 Å². The lowest BCUT2D eigenvalue weighted by Gasteiger charge is -2.60. The Balaban J connectivity index is 1.40. The van der Waals surface area contributed by atoms with Gasteiger partial charge in [0.2, 0.25) is 0 Å². The largest absolute Gasteiger partial charge is 0.376 e. The summed E-state index contributed by atoms with van der Waals surface area (Å²) in [5.41, 5.74) is 0.374. The molecule has 0 aromatic heterocycles. The van der Waals surface area contributed by atoms with Gasteiger partial charge in [0, 0.05) is 19.3 Å². The maximum atomic E-state index is 12.9. The molecular weight excluding hydrogens is 307 g/mol. The summed E-state index contributed by atoms with van der Waals surface area (Å²) >= 11 is 0. The molecule has 2 amide bonds. The highest BCUT2D eigenvalue weighted by Gasteiger charge is 2.57. The standard InChI is InChI=1S/C19H25FN2O2/c1-24-19(14-7-12-6-13(9-14)10-15(19)8-12)11-21-18(23)22-17-4-2-16(20)3-5-17/h2-5,12-15H,6-11H2,1H3,(H2,21,22,23). The highest BCUT2D eigenvalue weighted by atomic mass is 19.1. The van der Waals surface area contributed by atoms with Gasteiger partial charge >= 0.3 is 6.03 Å². The highest BCUT2D eigenvalue weighted by molar-refractivity contribution is 5.89. The van der Waals surface area contributed by atoms with Crippen LogP contribution in [-0.2, 0) is 4.74 Å². The smallest absolute Gasteiger partial charge is 0.319 e. The second-order valence-corrected chi connectivity index (χ2v) is 7.78. The van der Waals surface area contributed by atoms with E-state index in [9.17, 15) is 9.18 Å². The van der Waals surface area contributed by atoms with Gasteiger partial charge in [-0.1, -0.05) is 0 Å². The molecule has 4 fully saturated rings. The van der Waals surface area contributed by atoms with Gasteiger partial charge in [0.15, 0.2) is 0 Å². The summed E-state index contributed by atoms with van der Waals surface area (Å²) in [6.45, 7) is 0.547. The molecule has 0 heterocycles. The monoisotopic (exact) mass is 332 g/mol. The van der Waals surface area contributed by atoms with Gasteiger partial charge in [-0.25, -0.2) is 9.18 Å². The SMILES string of the molecule is COC1(CNC(=O)Nc2ccc(F)cc2)C2CC3CC(C2)CC1C3. The van der Waals surface area contributed by atoms with E-state index >= 15 is 0 Å². The summed E-state index contributed by atoms with van der Waals surface area (Å²) in [6, 6.07) is 5.54. The number of benzene rings is 1. The number of anilines is 1. The van der Waals surface area contributed by atoms with Gasteiger partial charge < -0.3 is 15.4 Å². The Morgan fingerprint density at radius 2 is 1.71 bits per heavy atom. The van der Waals surface area contributed by atoms with Crippen LogP contribution in [0.1, 0.15) is 32.1 Å². The van der Waals surface area contributed by atoms with Crippen LogP contribution < -0.4 is 10.6 Å². The first kappa shape index (κ1) is 15.9. The average molecular weight is 332 g/mol. The third-order valence-electron chi connectivity index (χ3n) is 6.53. The maximum absolute atomic E-state index is 12.9. The molecule has 4 aliphatic rings. The lowest BCUT2D eigenvalue weighted by Crippen LogP contribution is -2.63. The number of carbonyl (C=O) groups is 1. The summed E-state index contributed by atoms with van der Waals surface area (Å²) in [6.07, 6.45) is 6.35. The molecule has 5 heteroatoms. The highest BCUT2D eigenvalue weighted by Crippen LogP contribution is 2.59.